The molecule has 0 saturated heterocycles. The lowest BCUT2D eigenvalue weighted by molar-refractivity contribution is -0.121. The molecule has 3 N–H and O–H groups in total. The molecule has 1 saturated carbocycles. The number of nitrogens with two attached hydrogens (primary N) is 1. The summed E-state index contributed by atoms with van der Waals surface area (Å²) >= 11 is 0. The molecule has 2 rings (SSSR count). The van der Waals surface area contributed by atoms with E-state index in [1.807, 2.05) is 12.3 Å². The molecule has 1 aliphatic rings. The van der Waals surface area contributed by atoms with E-state index < -0.39 is 0 Å². The molecule has 7 heteroatoms. The van der Waals surface area contributed by atoms with Crippen LogP contribution in [0.3, 0.4) is 0 Å². The van der Waals surface area contributed by atoms with Gasteiger partial charge in [0.2, 0.25) is 5.91 Å². The van der Waals surface area contributed by atoms with Crippen molar-refractivity contribution in [3.8, 4) is 0 Å². The van der Waals surface area contributed by atoms with E-state index in [4.69, 9.17) is 5.73 Å². The lowest BCUT2D eigenvalue weighted by Crippen LogP contribution is -2.38. The Hall–Kier alpha value is -0.780. The van der Waals surface area contributed by atoms with Crippen LogP contribution < -0.4 is 11.1 Å². The predicted molar refractivity (Wildman–Crippen MR) is 75.0 cm³/mol. The van der Waals surface area contributed by atoms with Gasteiger partial charge in [0, 0.05) is 37.9 Å². The van der Waals surface area contributed by atoms with Crippen molar-refractivity contribution < 1.29 is 4.79 Å². The van der Waals surface area contributed by atoms with E-state index >= 15 is 0 Å². The number of nitrogens with zero attached hydrogens (tertiary/aromatic N) is 2. The molecule has 1 fully saturated rings. The highest BCUT2D eigenvalue weighted by molar-refractivity contribution is 5.85. The zero-order valence-electron chi connectivity index (χ0n) is 10.1. The van der Waals surface area contributed by atoms with Crippen LogP contribution in [0.5, 0.6) is 0 Å². The zero-order chi connectivity index (χ0) is 11.4. The fourth-order valence-electron chi connectivity index (χ4n) is 1.66. The Bertz CT molecular complexity index is 341. The van der Waals surface area contributed by atoms with E-state index in [1.165, 1.54) is 12.8 Å². The lowest BCUT2D eigenvalue weighted by Gasteiger charge is -2.11. The Balaban J connectivity index is 0.00000144. The van der Waals surface area contributed by atoms with Crippen LogP contribution in [0.4, 0.5) is 0 Å². The molecule has 0 aliphatic heterocycles. The van der Waals surface area contributed by atoms with Gasteiger partial charge in [-0.05, 0) is 24.8 Å². The highest BCUT2D eigenvalue weighted by atomic mass is 35.5. The largest absolute Gasteiger partial charge is 0.354 e. The highest BCUT2D eigenvalue weighted by Gasteiger charge is 2.28. The smallest absolute Gasteiger partial charge is 0.221 e. The molecule has 1 unspecified atom stereocenters. The number of hydrogen-bond acceptors (Lipinski definition) is 3. The molecule has 1 aliphatic carbocycles. The summed E-state index contributed by atoms with van der Waals surface area (Å²) in [6.45, 7) is 1.22. The molecule has 1 atom stereocenters. The topological polar surface area (TPSA) is 72.9 Å². The van der Waals surface area contributed by atoms with Crippen molar-refractivity contribution in [3.63, 3.8) is 0 Å². The zero-order valence-corrected chi connectivity index (χ0v) is 11.8. The Labute approximate surface area is 119 Å². The summed E-state index contributed by atoms with van der Waals surface area (Å²) in [5.74, 6) is 0.679. The highest BCUT2D eigenvalue weighted by Crippen LogP contribution is 2.31. The molecular formula is C11H20Cl2N4O. The number of amides is 1. The Morgan fingerprint density at radius 2 is 2.22 bits per heavy atom. The van der Waals surface area contributed by atoms with Crippen molar-refractivity contribution in [2.24, 2.45) is 11.7 Å². The third-order valence-corrected chi connectivity index (χ3v) is 2.89. The first-order chi connectivity index (χ1) is 7.75. The molecule has 18 heavy (non-hydrogen) atoms. The number of halogens is 2. The minimum atomic E-state index is 0. The SMILES string of the molecule is Cl.Cl.NC(CNC(=O)CCn1cccn1)C1CC1. The Kier molecular flexibility index (Phi) is 7.98. The van der Waals surface area contributed by atoms with Gasteiger partial charge in [0.05, 0.1) is 0 Å². The van der Waals surface area contributed by atoms with Crippen LogP contribution in [0.25, 0.3) is 0 Å². The summed E-state index contributed by atoms with van der Waals surface area (Å²) in [5.41, 5.74) is 5.89. The maximum atomic E-state index is 11.5. The van der Waals surface area contributed by atoms with E-state index in [9.17, 15) is 4.79 Å². The van der Waals surface area contributed by atoms with E-state index in [-0.39, 0.29) is 36.8 Å². The average Bonchev–Trinajstić information content (AvgIpc) is 3.01. The fraction of sp³-hybridized carbons (Fsp3) is 0.636. The second-order valence-corrected chi connectivity index (χ2v) is 4.32. The van der Waals surface area contributed by atoms with Gasteiger partial charge in [-0.1, -0.05) is 0 Å². The molecule has 1 amide bonds. The molecule has 0 radical (unpaired) electrons. The maximum Gasteiger partial charge on any atom is 0.221 e. The third kappa shape index (κ3) is 5.71. The molecule has 0 bridgehead atoms. The van der Waals surface area contributed by atoms with Gasteiger partial charge < -0.3 is 11.1 Å². The number of aryl methyl sites for hydroxylation is 1. The van der Waals surface area contributed by atoms with Crippen molar-refractivity contribution >= 4 is 30.7 Å². The van der Waals surface area contributed by atoms with Gasteiger partial charge in [0.1, 0.15) is 0 Å². The monoisotopic (exact) mass is 294 g/mol. The van der Waals surface area contributed by atoms with Crippen molar-refractivity contribution in [3.05, 3.63) is 18.5 Å². The van der Waals surface area contributed by atoms with Crippen molar-refractivity contribution in [1.29, 1.82) is 0 Å². The predicted octanol–water partition coefficient (Wildman–Crippen LogP) is 0.970. The van der Waals surface area contributed by atoms with Gasteiger partial charge in [-0.25, -0.2) is 0 Å². The number of carbonyl (C=O) groups is 1. The Morgan fingerprint density at radius 3 is 2.78 bits per heavy atom. The van der Waals surface area contributed by atoms with Crippen molar-refractivity contribution in [2.45, 2.75) is 31.8 Å². The minimum Gasteiger partial charge on any atom is -0.354 e. The average molecular weight is 295 g/mol. The molecule has 5 nitrogen and oxygen atoms in total. The fourth-order valence-corrected chi connectivity index (χ4v) is 1.66. The van der Waals surface area contributed by atoms with Crippen LogP contribution in [0, 0.1) is 5.92 Å². The molecule has 0 aromatic carbocycles. The molecule has 104 valence electrons. The normalized spacial score (nSPS) is 15.2. The summed E-state index contributed by atoms with van der Waals surface area (Å²) in [5, 5.41) is 6.89. The second kappa shape index (κ2) is 8.34. The number of hydrogen-bond donors (Lipinski definition) is 2. The summed E-state index contributed by atoms with van der Waals surface area (Å²) < 4.78 is 1.75. The third-order valence-electron chi connectivity index (χ3n) is 2.89. The summed E-state index contributed by atoms with van der Waals surface area (Å²) in [7, 11) is 0. The number of nitrogens with one attached hydrogen (secondary N) is 1. The van der Waals surface area contributed by atoms with Crippen LogP contribution in [0.15, 0.2) is 18.5 Å². The Morgan fingerprint density at radius 1 is 1.50 bits per heavy atom. The summed E-state index contributed by atoms with van der Waals surface area (Å²) in [4.78, 5) is 11.5. The first-order valence-corrected chi connectivity index (χ1v) is 5.75. The van der Waals surface area contributed by atoms with Crippen LogP contribution in [-0.4, -0.2) is 28.3 Å². The molecule has 1 aromatic rings. The first kappa shape index (κ1) is 17.2. The van der Waals surface area contributed by atoms with Crippen LogP contribution in [0.1, 0.15) is 19.3 Å². The second-order valence-electron chi connectivity index (χ2n) is 4.32. The summed E-state index contributed by atoms with van der Waals surface area (Å²) in [6, 6.07) is 1.98. The number of carbonyl (C=O) groups excluding carboxylic acids is 1. The quantitative estimate of drug-likeness (QED) is 0.821. The van der Waals surface area contributed by atoms with Crippen LogP contribution >= 0.6 is 24.8 Å². The van der Waals surface area contributed by atoms with E-state index in [0.717, 1.165) is 0 Å². The summed E-state index contributed by atoms with van der Waals surface area (Å²) in [6.07, 6.45) is 6.44. The van der Waals surface area contributed by atoms with Crippen molar-refractivity contribution in [1.82, 2.24) is 15.1 Å². The lowest BCUT2D eigenvalue weighted by atomic mass is 10.2. The molecular weight excluding hydrogens is 275 g/mol. The van der Waals surface area contributed by atoms with Gasteiger partial charge in [-0.2, -0.15) is 5.10 Å². The molecule has 1 aromatic heterocycles. The van der Waals surface area contributed by atoms with Crippen LogP contribution in [0.2, 0.25) is 0 Å². The van der Waals surface area contributed by atoms with Crippen LogP contribution in [-0.2, 0) is 11.3 Å². The molecule has 1 heterocycles. The minimum absolute atomic E-state index is 0. The van der Waals surface area contributed by atoms with Gasteiger partial charge >= 0.3 is 0 Å². The molecule has 0 spiro atoms. The maximum absolute atomic E-state index is 11.5. The van der Waals surface area contributed by atoms with E-state index in [0.29, 0.717) is 25.4 Å². The van der Waals surface area contributed by atoms with E-state index in [2.05, 4.69) is 10.4 Å². The number of rotatable bonds is 6. The standard InChI is InChI=1S/C11H18N4O.2ClH/c12-10(9-2-3-9)8-13-11(16)4-7-15-6-1-5-14-15;;/h1,5-6,9-10H,2-4,7-8,12H2,(H,13,16);2*1H. The van der Waals surface area contributed by atoms with Gasteiger partial charge in [-0.15, -0.1) is 24.8 Å². The van der Waals surface area contributed by atoms with Crippen molar-refractivity contribution in [2.75, 3.05) is 6.54 Å². The van der Waals surface area contributed by atoms with Gasteiger partial charge in [0.25, 0.3) is 0 Å². The van der Waals surface area contributed by atoms with E-state index in [1.54, 1.807) is 10.9 Å². The van der Waals surface area contributed by atoms with Gasteiger partial charge in [0.15, 0.2) is 0 Å². The number of aromatic nitrogens is 2. The van der Waals surface area contributed by atoms with Gasteiger partial charge in [-0.3, -0.25) is 9.48 Å². The first-order valence-electron chi connectivity index (χ1n) is 5.75.